The molecule has 224 valence electrons. The molecule has 0 saturated carbocycles. The summed E-state index contributed by atoms with van der Waals surface area (Å²) in [7, 11) is 0. The van der Waals surface area contributed by atoms with E-state index in [1.165, 1.54) is 23.1 Å². The maximum atomic E-state index is 11.6. The average Bonchev–Trinajstić information content (AvgIpc) is 3.47. The third kappa shape index (κ3) is 8.95. The van der Waals surface area contributed by atoms with Crippen LogP contribution in [0, 0.1) is 22.7 Å². The van der Waals surface area contributed by atoms with Gasteiger partial charge in [-0.2, -0.15) is 10.5 Å². The predicted molar refractivity (Wildman–Crippen MR) is 174 cm³/mol. The topological polar surface area (TPSA) is 187 Å². The Labute approximate surface area is 274 Å². The van der Waals surface area contributed by atoms with Gasteiger partial charge in [-0.1, -0.05) is 47.6 Å². The summed E-state index contributed by atoms with van der Waals surface area (Å²) < 4.78 is 10.6. The Kier molecular flexibility index (Phi) is 14.0. The summed E-state index contributed by atoms with van der Waals surface area (Å²) in [6.45, 7) is 0.105. The lowest BCUT2D eigenvalue weighted by Crippen LogP contribution is -2.39. The Morgan fingerprint density at radius 2 is 1.65 bits per heavy atom. The van der Waals surface area contributed by atoms with E-state index in [1.807, 2.05) is 29.6 Å². The number of aromatic nitrogens is 2. The van der Waals surface area contributed by atoms with Crippen molar-refractivity contribution in [1.82, 2.24) is 9.97 Å². The number of ether oxygens (including phenoxy) is 2. The number of esters is 1. The third-order valence-electron chi connectivity index (χ3n) is 5.71. The molecule has 0 aliphatic rings. The third-order valence-corrected chi connectivity index (χ3v) is 7.91. The van der Waals surface area contributed by atoms with Crippen LogP contribution in [0.25, 0.3) is 21.7 Å². The van der Waals surface area contributed by atoms with Gasteiger partial charge in [-0.05, 0) is 29.8 Å². The lowest BCUT2D eigenvalue weighted by Gasteiger charge is -2.14. The number of rotatable bonds is 11. The molecule has 43 heavy (non-hydrogen) atoms. The monoisotopic (exact) mass is 677 g/mol. The first kappa shape index (κ1) is 35.6. The molecule has 0 aliphatic carbocycles. The van der Waals surface area contributed by atoms with Gasteiger partial charge in [0.2, 0.25) is 0 Å². The standard InChI is InChI=1S/C28H24ClN7O3S2.2ClH/c29-18-5-1-17(2-6-18)26-35-19(14-40-26)15-41-27-22(12-31)24(21(11-30)25(34)36-27)16-3-7-20(8-4-16)38-9-10-39-28(37)23(33)13-32;;/h1-8,14,23H,9-10,13,15,32-33H2,(H2,34,36);2*1H/t23-;;/m0../s1. The van der Waals surface area contributed by atoms with Crippen LogP contribution < -0.4 is 21.9 Å². The maximum Gasteiger partial charge on any atom is 0.324 e. The van der Waals surface area contributed by atoms with Crippen LogP contribution in [0.3, 0.4) is 0 Å². The predicted octanol–water partition coefficient (Wildman–Crippen LogP) is 5.19. The van der Waals surface area contributed by atoms with Crippen LogP contribution >= 0.6 is 59.5 Å². The van der Waals surface area contributed by atoms with Crippen molar-refractivity contribution < 1.29 is 14.3 Å². The van der Waals surface area contributed by atoms with Crippen LogP contribution in [-0.2, 0) is 15.3 Å². The first-order valence-electron chi connectivity index (χ1n) is 12.2. The highest BCUT2D eigenvalue weighted by Crippen LogP contribution is 2.37. The van der Waals surface area contributed by atoms with Gasteiger partial charge in [0.25, 0.3) is 0 Å². The number of nitrogens with two attached hydrogens (primary N) is 3. The highest BCUT2D eigenvalue weighted by atomic mass is 35.5. The molecule has 4 rings (SSSR count). The van der Waals surface area contributed by atoms with Gasteiger partial charge in [0.15, 0.2) is 0 Å². The first-order chi connectivity index (χ1) is 19.8. The molecule has 2 heterocycles. The minimum Gasteiger partial charge on any atom is -0.490 e. The number of halogens is 3. The summed E-state index contributed by atoms with van der Waals surface area (Å²) in [5.41, 5.74) is 20.1. The highest BCUT2D eigenvalue weighted by Gasteiger charge is 2.21. The van der Waals surface area contributed by atoms with Gasteiger partial charge < -0.3 is 26.7 Å². The fraction of sp³-hybridized carbons (Fsp3) is 0.179. The zero-order valence-corrected chi connectivity index (χ0v) is 26.4. The molecule has 0 radical (unpaired) electrons. The Morgan fingerprint density at radius 3 is 2.28 bits per heavy atom. The van der Waals surface area contributed by atoms with E-state index in [9.17, 15) is 15.3 Å². The molecule has 0 aliphatic heterocycles. The van der Waals surface area contributed by atoms with E-state index >= 15 is 0 Å². The van der Waals surface area contributed by atoms with Gasteiger partial charge in [-0.25, -0.2) is 9.97 Å². The van der Waals surface area contributed by atoms with Crippen molar-refractivity contribution in [3.8, 4) is 39.6 Å². The number of nitrogens with zero attached hydrogens (tertiary/aromatic N) is 4. The number of carbonyl (C=O) groups is 1. The van der Waals surface area contributed by atoms with Gasteiger partial charge in [-0.3, -0.25) is 4.79 Å². The molecule has 2 aromatic heterocycles. The number of nitriles is 2. The second-order valence-corrected chi connectivity index (χ2v) is 10.7. The summed E-state index contributed by atoms with van der Waals surface area (Å²) in [6, 6.07) is 17.6. The second-order valence-electron chi connectivity index (χ2n) is 8.47. The molecule has 0 spiro atoms. The fourth-order valence-electron chi connectivity index (χ4n) is 3.65. The van der Waals surface area contributed by atoms with E-state index in [2.05, 4.69) is 22.1 Å². The minimum absolute atomic E-state index is 0. The van der Waals surface area contributed by atoms with Crippen LogP contribution in [-0.4, -0.2) is 41.7 Å². The van der Waals surface area contributed by atoms with Gasteiger partial charge in [0.1, 0.15) is 58.6 Å². The number of hydrogen-bond acceptors (Lipinski definition) is 12. The van der Waals surface area contributed by atoms with Crippen molar-refractivity contribution in [1.29, 1.82) is 10.5 Å². The lowest BCUT2D eigenvalue weighted by molar-refractivity contribution is -0.145. The van der Waals surface area contributed by atoms with E-state index in [1.54, 1.807) is 24.3 Å². The van der Waals surface area contributed by atoms with Crippen LogP contribution in [0.5, 0.6) is 5.75 Å². The minimum atomic E-state index is -0.873. The molecular formula is C28H26Cl3N7O3S2. The van der Waals surface area contributed by atoms with E-state index < -0.39 is 12.0 Å². The number of thiazole rings is 1. The quantitative estimate of drug-likeness (QED) is 0.108. The molecule has 6 N–H and O–H groups in total. The van der Waals surface area contributed by atoms with Gasteiger partial charge in [-0.15, -0.1) is 36.2 Å². The van der Waals surface area contributed by atoms with Gasteiger partial charge in [0.05, 0.1) is 11.3 Å². The van der Waals surface area contributed by atoms with E-state index in [-0.39, 0.29) is 61.5 Å². The fourth-order valence-corrected chi connectivity index (χ4v) is 5.60. The maximum absolute atomic E-state index is 11.6. The van der Waals surface area contributed by atoms with Crippen LogP contribution in [0.15, 0.2) is 58.9 Å². The molecule has 0 bridgehead atoms. The van der Waals surface area contributed by atoms with E-state index in [0.717, 1.165) is 16.3 Å². The van der Waals surface area contributed by atoms with Crippen molar-refractivity contribution >= 4 is 71.3 Å². The molecule has 0 amide bonds. The molecule has 2 aromatic carbocycles. The number of carbonyl (C=O) groups excluding carboxylic acids is 1. The van der Waals surface area contributed by atoms with E-state index in [4.69, 9.17) is 38.3 Å². The van der Waals surface area contributed by atoms with Crippen molar-refractivity contribution in [3.63, 3.8) is 0 Å². The molecule has 0 unspecified atom stereocenters. The first-order valence-corrected chi connectivity index (χ1v) is 14.4. The molecule has 15 heteroatoms. The van der Waals surface area contributed by atoms with Crippen LogP contribution in [0.4, 0.5) is 5.82 Å². The Bertz CT molecular complexity index is 1620. The summed E-state index contributed by atoms with van der Waals surface area (Å²) in [4.78, 5) is 20.7. The average molecular weight is 679 g/mol. The largest absolute Gasteiger partial charge is 0.490 e. The SMILES string of the molecule is Cl.Cl.N#Cc1c(N)nc(SCc2csc(-c3ccc(Cl)cc3)n2)c(C#N)c1-c1ccc(OCCOC(=O)[C@@H](N)CN)cc1. The molecule has 4 aromatic rings. The van der Waals surface area contributed by atoms with Crippen molar-refractivity contribution in [2.24, 2.45) is 11.5 Å². The van der Waals surface area contributed by atoms with Crippen molar-refractivity contribution in [2.45, 2.75) is 16.8 Å². The summed E-state index contributed by atoms with van der Waals surface area (Å²) >= 11 is 8.81. The normalized spacial score (nSPS) is 10.8. The summed E-state index contributed by atoms with van der Waals surface area (Å²) in [6.07, 6.45) is 0. The number of nitrogen functional groups attached to an aromatic ring is 1. The van der Waals surface area contributed by atoms with Crippen LogP contribution in [0.1, 0.15) is 16.8 Å². The number of thioether (sulfide) groups is 1. The second kappa shape index (κ2) is 16.9. The van der Waals surface area contributed by atoms with Gasteiger partial charge in [0, 0.05) is 33.8 Å². The Balaban J connectivity index is 0.00000323. The summed E-state index contributed by atoms with van der Waals surface area (Å²) in [5, 5.41) is 23.8. The summed E-state index contributed by atoms with van der Waals surface area (Å²) in [5.74, 6) is 0.383. The van der Waals surface area contributed by atoms with Crippen molar-refractivity contribution in [2.75, 3.05) is 25.5 Å². The Hall–Kier alpha value is -3.59. The zero-order valence-electron chi connectivity index (χ0n) is 22.4. The molecule has 10 nitrogen and oxygen atoms in total. The molecule has 0 fully saturated rings. The smallest absolute Gasteiger partial charge is 0.324 e. The lowest BCUT2D eigenvalue weighted by atomic mass is 9.97. The molecule has 1 atom stereocenters. The number of benzene rings is 2. The number of anilines is 1. The molecular weight excluding hydrogens is 653 g/mol. The zero-order chi connectivity index (χ0) is 29.4. The number of pyridine rings is 1. The van der Waals surface area contributed by atoms with Gasteiger partial charge >= 0.3 is 5.97 Å². The number of hydrogen-bond donors (Lipinski definition) is 3. The van der Waals surface area contributed by atoms with E-state index in [0.29, 0.717) is 32.7 Å². The highest BCUT2D eigenvalue weighted by molar-refractivity contribution is 7.98. The van der Waals surface area contributed by atoms with Crippen molar-refractivity contribution in [3.05, 3.63) is 75.8 Å². The Morgan fingerprint density at radius 1 is 1.00 bits per heavy atom. The van der Waals surface area contributed by atoms with Crippen LogP contribution in [0.2, 0.25) is 5.02 Å². The molecule has 0 saturated heterocycles.